The molecule has 2 aromatic rings. The predicted octanol–water partition coefficient (Wildman–Crippen LogP) is 1.70. The van der Waals surface area contributed by atoms with E-state index in [0.29, 0.717) is 12.2 Å². The molecule has 0 unspecified atom stereocenters. The Morgan fingerprint density at radius 3 is 2.57 bits per heavy atom. The maximum atomic E-state index is 12.4. The van der Waals surface area contributed by atoms with Gasteiger partial charge in [-0.1, -0.05) is 0 Å². The van der Waals surface area contributed by atoms with Crippen LogP contribution < -0.4 is 0 Å². The summed E-state index contributed by atoms with van der Waals surface area (Å²) >= 11 is 0. The largest absolute Gasteiger partial charge is 0.340 e. The second-order valence-electron chi connectivity index (χ2n) is 5.52. The van der Waals surface area contributed by atoms with E-state index < -0.39 is 0 Å². The molecule has 0 atom stereocenters. The third-order valence-electron chi connectivity index (χ3n) is 3.64. The Kier molecular flexibility index (Phi) is 4.45. The Labute approximate surface area is 125 Å². The molecule has 0 bridgehead atoms. The van der Waals surface area contributed by atoms with Crippen molar-refractivity contribution in [3.8, 4) is 0 Å². The van der Waals surface area contributed by atoms with Crippen LogP contribution in [-0.2, 0) is 13.6 Å². The minimum absolute atomic E-state index is 0.0147. The summed E-state index contributed by atoms with van der Waals surface area (Å²) in [6.07, 6.45) is 2.55. The van der Waals surface area contributed by atoms with E-state index in [1.54, 1.807) is 15.8 Å². The van der Waals surface area contributed by atoms with Crippen molar-refractivity contribution in [1.29, 1.82) is 0 Å². The molecule has 21 heavy (non-hydrogen) atoms. The summed E-state index contributed by atoms with van der Waals surface area (Å²) in [7, 11) is 3.67. The number of amides is 1. The molecule has 2 rings (SSSR count). The van der Waals surface area contributed by atoms with Crippen LogP contribution in [0.15, 0.2) is 12.4 Å². The van der Waals surface area contributed by atoms with E-state index in [1.807, 2.05) is 39.5 Å². The molecule has 0 spiro atoms. The molecule has 0 fully saturated rings. The Morgan fingerprint density at radius 1 is 1.33 bits per heavy atom. The molecule has 0 saturated heterocycles. The molecule has 0 aliphatic rings. The molecule has 2 aromatic heterocycles. The van der Waals surface area contributed by atoms with E-state index in [2.05, 4.69) is 16.1 Å². The van der Waals surface area contributed by atoms with Crippen molar-refractivity contribution in [2.45, 2.75) is 33.7 Å². The number of carbonyl (C=O) groups is 1. The van der Waals surface area contributed by atoms with Crippen molar-refractivity contribution in [2.75, 3.05) is 13.6 Å². The number of nitrogens with zero attached hydrogens (tertiary/aromatic N) is 5. The highest BCUT2D eigenvalue weighted by molar-refractivity contribution is 5.93. The summed E-state index contributed by atoms with van der Waals surface area (Å²) in [5, 5.41) is 4.43. The van der Waals surface area contributed by atoms with E-state index >= 15 is 0 Å². The summed E-state index contributed by atoms with van der Waals surface area (Å²) in [4.78, 5) is 18.3. The molecule has 1 amide bonds. The lowest BCUT2D eigenvalue weighted by Gasteiger charge is -2.18. The average Bonchev–Trinajstić information content (AvgIpc) is 2.91. The quantitative estimate of drug-likeness (QED) is 0.842. The Bertz CT molecular complexity index is 621. The van der Waals surface area contributed by atoms with Gasteiger partial charge in [0.25, 0.3) is 5.91 Å². The normalized spacial score (nSPS) is 10.9. The summed E-state index contributed by atoms with van der Waals surface area (Å²) in [6, 6.07) is 2.06. The van der Waals surface area contributed by atoms with E-state index in [1.165, 1.54) is 0 Å². The maximum Gasteiger partial charge on any atom is 0.272 e. The van der Waals surface area contributed by atoms with Crippen LogP contribution in [0, 0.1) is 20.8 Å². The summed E-state index contributed by atoms with van der Waals surface area (Å²) in [6.45, 7) is 7.42. The third kappa shape index (κ3) is 3.32. The fraction of sp³-hybridized carbons (Fsp3) is 0.533. The highest BCUT2D eigenvalue weighted by Crippen LogP contribution is 2.09. The van der Waals surface area contributed by atoms with Crippen molar-refractivity contribution >= 4 is 5.91 Å². The Morgan fingerprint density at radius 2 is 2.05 bits per heavy atom. The molecule has 6 nitrogen and oxygen atoms in total. The Balaban J connectivity index is 1.91. The lowest BCUT2D eigenvalue weighted by molar-refractivity contribution is 0.0781. The second kappa shape index (κ2) is 6.11. The van der Waals surface area contributed by atoms with Gasteiger partial charge in [0.1, 0.15) is 5.69 Å². The zero-order valence-electron chi connectivity index (χ0n) is 13.4. The van der Waals surface area contributed by atoms with Crippen LogP contribution in [0.5, 0.6) is 0 Å². The van der Waals surface area contributed by atoms with Crippen LogP contribution in [0.1, 0.15) is 34.0 Å². The number of aromatic nitrogens is 4. The maximum absolute atomic E-state index is 12.4. The first-order chi connectivity index (χ1) is 9.90. The summed E-state index contributed by atoms with van der Waals surface area (Å²) in [5.41, 5.74) is 3.61. The van der Waals surface area contributed by atoms with Crippen LogP contribution >= 0.6 is 0 Å². The molecular weight excluding hydrogens is 266 g/mol. The van der Waals surface area contributed by atoms with Crippen molar-refractivity contribution in [1.82, 2.24) is 24.2 Å². The van der Waals surface area contributed by atoms with Crippen LogP contribution in [0.3, 0.4) is 0 Å². The minimum atomic E-state index is 0.0147. The summed E-state index contributed by atoms with van der Waals surface area (Å²) in [5.74, 6) is 0.0147. The number of hydrogen-bond donors (Lipinski definition) is 0. The summed E-state index contributed by atoms with van der Waals surface area (Å²) < 4.78 is 3.76. The van der Waals surface area contributed by atoms with Gasteiger partial charge in [-0.25, -0.2) is 4.98 Å². The predicted molar refractivity (Wildman–Crippen MR) is 81.2 cm³/mol. The Hall–Kier alpha value is -2.11. The number of imidazole rings is 1. The van der Waals surface area contributed by atoms with Gasteiger partial charge >= 0.3 is 0 Å². The van der Waals surface area contributed by atoms with Crippen LogP contribution in [0.25, 0.3) is 0 Å². The monoisotopic (exact) mass is 289 g/mol. The van der Waals surface area contributed by atoms with Gasteiger partial charge in [-0.15, -0.1) is 0 Å². The van der Waals surface area contributed by atoms with Crippen LogP contribution in [-0.4, -0.2) is 43.7 Å². The third-order valence-corrected chi connectivity index (χ3v) is 3.64. The first-order valence-electron chi connectivity index (χ1n) is 7.14. The fourth-order valence-electron chi connectivity index (χ4n) is 2.49. The van der Waals surface area contributed by atoms with Crippen molar-refractivity contribution in [3.63, 3.8) is 0 Å². The zero-order valence-corrected chi connectivity index (χ0v) is 13.4. The first-order valence-corrected chi connectivity index (χ1v) is 7.14. The molecule has 0 radical (unpaired) electrons. The van der Waals surface area contributed by atoms with Crippen molar-refractivity contribution < 1.29 is 4.79 Å². The molecule has 0 saturated carbocycles. The molecule has 0 aromatic carbocycles. The average molecular weight is 289 g/mol. The minimum Gasteiger partial charge on any atom is -0.340 e. The molecule has 114 valence electrons. The highest BCUT2D eigenvalue weighted by Gasteiger charge is 2.18. The van der Waals surface area contributed by atoms with Crippen LogP contribution in [0.2, 0.25) is 0 Å². The zero-order chi connectivity index (χ0) is 15.6. The van der Waals surface area contributed by atoms with E-state index in [-0.39, 0.29) is 5.91 Å². The topological polar surface area (TPSA) is 56.0 Å². The number of aryl methyl sites for hydroxylation is 5. The molecule has 0 N–H and O–H groups in total. The fourth-order valence-corrected chi connectivity index (χ4v) is 2.49. The molecular formula is C15H23N5O. The van der Waals surface area contributed by atoms with Crippen molar-refractivity contribution in [2.24, 2.45) is 7.05 Å². The van der Waals surface area contributed by atoms with Gasteiger partial charge in [0.2, 0.25) is 0 Å². The number of carbonyl (C=O) groups excluding carboxylic acids is 1. The standard InChI is InChI=1S/C15H23N5O/c1-11-9-12(2)20(17-11)8-6-7-18(4)15(21)14-13(3)16-10-19(14)5/h9-10H,6-8H2,1-5H3. The van der Waals surface area contributed by atoms with Gasteiger partial charge in [0, 0.05) is 32.9 Å². The smallest absolute Gasteiger partial charge is 0.272 e. The lowest BCUT2D eigenvalue weighted by atomic mass is 10.3. The van der Waals surface area contributed by atoms with Gasteiger partial charge in [-0.3, -0.25) is 9.48 Å². The SMILES string of the molecule is Cc1cc(C)n(CCCN(C)C(=O)c2c(C)ncn2C)n1. The van der Waals surface area contributed by atoms with Gasteiger partial charge in [-0.05, 0) is 33.3 Å². The second-order valence-corrected chi connectivity index (χ2v) is 5.52. The highest BCUT2D eigenvalue weighted by atomic mass is 16.2. The van der Waals surface area contributed by atoms with E-state index in [9.17, 15) is 4.79 Å². The van der Waals surface area contributed by atoms with Crippen LogP contribution in [0.4, 0.5) is 0 Å². The molecule has 2 heterocycles. The van der Waals surface area contributed by atoms with Gasteiger partial charge in [0.05, 0.1) is 17.7 Å². The van der Waals surface area contributed by atoms with Gasteiger partial charge < -0.3 is 9.47 Å². The lowest BCUT2D eigenvalue weighted by Crippen LogP contribution is -2.30. The van der Waals surface area contributed by atoms with E-state index in [0.717, 1.165) is 30.0 Å². The van der Waals surface area contributed by atoms with Gasteiger partial charge in [-0.2, -0.15) is 5.10 Å². The molecule has 0 aliphatic heterocycles. The molecule has 6 heteroatoms. The van der Waals surface area contributed by atoms with Crippen molar-refractivity contribution in [3.05, 3.63) is 35.2 Å². The molecule has 0 aliphatic carbocycles. The number of rotatable bonds is 5. The number of hydrogen-bond acceptors (Lipinski definition) is 3. The first kappa shape index (κ1) is 15.3. The van der Waals surface area contributed by atoms with E-state index in [4.69, 9.17) is 0 Å². The van der Waals surface area contributed by atoms with Gasteiger partial charge in [0.15, 0.2) is 0 Å².